The van der Waals surface area contributed by atoms with E-state index in [1.54, 1.807) is 0 Å². The molecule has 0 amide bonds. The van der Waals surface area contributed by atoms with Crippen molar-refractivity contribution in [2.75, 3.05) is 19.6 Å². The van der Waals surface area contributed by atoms with Crippen LogP contribution < -0.4 is 10.6 Å². The van der Waals surface area contributed by atoms with E-state index < -0.39 is 11.7 Å². The molecule has 1 aromatic carbocycles. The molecule has 2 aromatic heterocycles. The smallest absolute Gasteiger partial charge is 0.357 e. The zero-order valence-corrected chi connectivity index (χ0v) is 16.1. The Hall–Kier alpha value is -3.10. The molecule has 9 heteroatoms. The molecule has 0 spiro atoms. The highest BCUT2D eigenvalue weighted by molar-refractivity contribution is 5.79. The minimum atomic E-state index is -4.31. The van der Waals surface area contributed by atoms with E-state index in [-0.39, 0.29) is 0 Å². The summed E-state index contributed by atoms with van der Waals surface area (Å²) in [6.07, 6.45) is -1.16. The normalized spacial score (nSPS) is 12.3. The number of benzene rings is 1. The standard InChI is InChI=1S/C20H23F3N6/c1-2-24-19(25-12-10-15-6-8-16(9-7-15)20(21,22)23)26-13-11-18-28-27-17-5-3-4-14-29(17)18/h3-9,14H,2,10-13H2,1H3,(H2,24,25,26). The van der Waals surface area contributed by atoms with Gasteiger partial charge in [-0.05, 0) is 43.2 Å². The number of guanidine groups is 1. The average Bonchev–Trinajstić information content (AvgIpc) is 3.11. The summed E-state index contributed by atoms with van der Waals surface area (Å²) in [5, 5.41) is 14.7. The van der Waals surface area contributed by atoms with Gasteiger partial charge in [-0.25, -0.2) is 0 Å². The number of alkyl halides is 3. The van der Waals surface area contributed by atoms with Crippen LogP contribution in [-0.4, -0.2) is 40.2 Å². The minimum Gasteiger partial charge on any atom is -0.357 e. The number of pyridine rings is 1. The summed E-state index contributed by atoms with van der Waals surface area (Å²) < 4.78 is 39.8. The zero-order chi connectivity index (χ0) is 20.7. The molecule has 0 fully saturated rings. The van der Waals surface area contributed by atoms with Gasteiger partial charge in [0.1, 0.15) is 5.82 Å². The van der Waals surface area contributed by atoms with Crippen molar-refractivity contribution in [3.8, 4) is 0 Å². The summed E-state index contributed by atoms with van der Waals surface area (Å²) in [4.78, 5) is 4.54. The van der Waals surface area contributed by atoms with Gasteiger partial charge in [0.15, 0.2) is 11.6 Å². The molecule has 29 heavy (non-hydrogen) atoms. The first-order valence-electron chi connectivity index (χ1n) is 9.44. The van der Waals surface area contributed by atoms with Gasteiger partial charge < -0.3 is 10.6 Å². The third-order valence-corrected chi connectivity index (χ3v) is 4.32. The molecule has 2 N–H and O–H groups in total. The number of hydrogen-bond acceptors (Lipinski definition) is 3. The third-order valence-electron chi connectivity index (χ3n) is 4.32. The molecular weight excluding hydrogens is 381 g/mol. The fraction of sp³-hybridized carbons (Fsp3) is 0.350. The minimum absolute atomic E-state index is 0.533. The highest BCUT2D eigenvalue weighted by Crippen LogP contribution is 2.29. The van der Waals surface area contributed by atoms with Crippen LogP contribution in [0.15, 0.2) is 53.7 Å². The lowest BCUT2D eigenvalue weighted by Gasteiger charge is -2.12. The monoisotopic (exact) mass is 404 g/mol. The number of rotatable bonds is 7. The van der Waals surface area contributed by atoms with Crippen LogP contribution in [-0.2, 0) is 19.0 Å². The number of hydrogen-bond donors (Lipinski definition) is 2. The van der Waals surface area contributed by atoms with E-state index in [9.17, 15) is 13.2 Å². The molecule has 6 nitrogen and oxygen atoms in total. The molecule has 0 aliphatic rings. The van der Waals surface area contributed by atoms with E-state index in [2.05, 4.69) is 25.8 Å². The van der Waals surface area contributed by atoms with Crippen LogP contribution in [0.4, 0.5) is 13.2 Å². The summed E-state index contributed by atoms with van der Waals surface area (Å²) in [5.74, 6) is 1.50. The second kappa shape index (κ2) is 9.40. The summed E-state index contributed by atoms with van der Waals surface area (Å²) >= 11 is 0. The molecule has 0 aliphatic heterocycles. The van der Waals surface area contributed by atoms with Crippen LogP contribution in [0.25, 0.3) is 5.65 Å². The van der Waals surface area contributed by atoms with Gasteiger partial charge in [-0.2, -0.15) is 13.2 Å². The van der Waals surface area contributed by atoms with E-state index in [1.807, 2.05) is 35.7 Å². The maximum absolute atomic E-state index is 12.6. The van der Waals surface area contributed by atoms with Crippen molar-refractivity contribution in [1.29, 1.82) is 0 Å². The number of nitrogens with zero attached hydrogens (tertiary/aromatic N) is 4. The first-order valence-corrected chi connectivity index (χ1v) is 9.44. The Kier molecular flexibility index (Phi) is 6.69. The van der Waals surface area contributed by atoms with E-state index in [4.69, 9.17) is 0 Å². The number of halogens is 3. The van der Waals surface area contributed by atoms with Crippen LogP contribution in [0, 0.1) is 0 Å². The molecule has 0 radical (unpaired) electrons. The van der Waals surface area contributed by atoms with Crippen molar-refractivity contribution in [1.82, 2.24) is 25.2 Å². The van der Waals surface area contributed by atoms with Crippen LogP contribution in [0.3, 0.4) is 0 Å². The molecular formula is C20H23F3N6. The Morgan fingerprint density at radius 1 is 1.03 bits per heavy atom. The Labute approximate surface area is 166 Å². The summed E-state index contributed by atoms with van der Waals surface area (Å²) in [6, 6.07) is 11.0. The van der Waals surface area contributed by atoms with Gasteiger partial charge in [-0.3, -0.25) is 9.39 Å². The van der Waals surface area contributed by atoms with Gasteiger partial charge in [0, 0.05) is 32.3 Å². The number of aromatic nitrogens is 3. The second-order valence-corrected chi connectivity index (χ2v) is 6.43. The molecule has 0 saturated carbocycles. The van der Waals surface area contributed by atoms with Crippen molar-refractivity contribution in [3.05, 3.63) is 65.6 Å². The molecule has 0 aliphatic carbocycles. The third kappa shape index (κ3) is 5.69. The fourth-order valence-electron chi connectivity index (χ4n) is 2.86. The van der Waals surface area contributed by atoms with Crippen molar-refractivity contribution < 1.29 is 13.2 Å². The van der Waals surface area contributed by atoms with E-state index >= 15 is 0 Å². The second-order valence-electron chi connectivity index (χ2n) is 6.43. The Balaban J connectivity index is 1.51. The first kappa shape index (κ1) is 20.6. The Morgan fingerprint density at radius 2 is 1.83 bits per heavy atom. The van der Waals surface area contributed by atoms with Gasteiger partial charge >= 0.3 is 6.18 Å². The number of aliphatic imine (C=N–C) groups is 1. The predicted octanol–water partition coefficient (Wildman–Crippen LogP) is 3.09. The SMILES string of the molecule is CCNC(=NCCc1nnc2ccccn12)NCCc1ccc(C(F)(F)F)cc1. The quantitative estimate of drug-likeness (QED) is 0.469. The van der Waals surface area contributed by atoms with E-state index in [1.165, 1.54) is 12.1 Å². The number of nitrogens with one attached hydrogen (secondary N) is 2. The lowest BCUT2D eigenvalue weighted by atomic mass is 10.1. The zero-order valence-electron chi connectivity index (χ0n) is 16.1. The fourth-order valence-corrected chi connectivity index (χ4v) is 2.86. The molecule has 154 valence electrons. The first-order chi connectivity index (χ1) is 14.0. The molecule has 2 heterocycles. The maximum atomic E-state index is 12.6. The Morgan fingerprint density at radius 3 is 2.55 bits per heavy atom. The molecule has 0 bridgehead atoms. The van der Waals surface area contributed by atoms with Gasteiger partial charge in [-0.15, -0.1) is 10.2 Å². The highest BCUT2D eigenvalue weighted by atomic mass is 19.4. The van der Waals surface area contributed by atoms with Crippen molar-refractivity contribution in [2.24, 2.45) is 4.99 Å². The molecule has 0 unspecified atom stereocenters. The summed E-state index contributed by atoms with van der Waals surface area (Å²) in [5.41, 5.74) is 0.995. The summed E-state index contributed by atoms with van der Waals surface area (Å²) in [6.45, 7) is 3.77. The number of fused-ring (bicyclic) bond motifs is 1. The van der Waals surface area contributed by atoms with Gasteiger partial charge in [-0.1, -0.05) is 18.2 Å². The molecule has 3 rings (SSSR count). The van der Waals surface area contributed by atoms with E-state index in [0.717, 1.165) is 29.2 Å². The Bertz CT molecular complexity index is 947. The topological polar surface area (TPSA) is 66.6 Å². The van der Waals surface area contributed by atoms with E-state index in [0.29, 0.717) is 38.4 Å². The van der Waals surface area contributed by atoms with Gasteiger partial charge in [0.2, 0.25) is 0 Å². The van der Waals surface area contributed by atoms with Gasteiger partial charge in [0.25, 0.3) is 0 Å². The van der Waals surface area contributed by atoms with Crippen LogP contribution in [0.2, 0.25) is 0 Å². The van der Waals surface area contributed by atoms with Crippen LogP contribution >= 0.6 is 0 Å². The predicted molar refractivity (Wildman–Crippen MR) is 106 cm³/mol. The van der Waals surface area contributed by atoms with Gasteiger partial charge in [0.05, 0.1) is 5.56 Å². The molecule has 0 saturated heterocycles. The maximum Gasteiger partial charge on any atom is 0.416 e. The van der Waals surface area contributed by atoms with Crippen molar-refractivity contribution in [2.45, 2.75) is 25.9 Å². The van der Waals surface area contributed by atoms with Crippen LogP contribution in [0.1, 0.15) is 23.9 Å². The average molecular weight is 404 g/mol. The van der Waals surface area contributed by atoms with Crippen molar-refractivity contribution in [3.63, 3.8) is 0 Å². The molecule has 3 aromatic rings. The molecule has 0 atom stereocenters. The lowest BCUT2D eigenvalue weighted by Crippen LogP contribution is -2.38. The summed E-state index contributed by atoms with van der Waals surface area (Å²) in [7, 11) is 0. The van der Waals surface area contributed by atoms with Crippen LogP contribution in [0.5, 0.6) is 0 Å². The largest absolute Gasteiger partial charge is 0.416 e. The van der Waals surface area contributed by atoms with Crippen molar-refractivity contribution >= 4 is 11.6 Å². The highest BCUT2D eigenvalue weighted by Gasteiger charge is 2.29. The lowest BCUT2D eigenvalue weighted by molar-refractivity contribution is -0.137.